The second kappa shape index (κ2) is 47.5. The molecule has 0 unspecified atom stereocenters. The number of amides is 13. The molecule has 12 atom stereocenters. The van der Waals surface area contributed by atoms with Crippen molar-refractivity contribution < 1.29 is 72.5 Å². The number of aromatic nitrogens is 3. The molecule has 0 radical (unpaired) electrons. The number of carbonyl (C=O) groups is 13. The van der Waals surface area contributed by atoms with Gasteiger partial charge in [0.25, 0.3) is 5.91 Å². The Balaban J connectivity index is 1.04. The number of benzene rings is 3. The molecule has 118 heavy (non-hydrogen) atoms. The van der Waals surface area contributed by atoms with Crippen molar-refractivity contribution >= 4 is 133 Å². The summed E-state index contributed by atoms with van der Waals surface area (Å²) < 4.78 is 0.896. The van der Waals surface area contributed by atoms with Crippen molar-refractivity contribution in [2.24, 2.45) is 40.5 Å². The van der Waals surface area contributed by atoms with Crippen LogP contribution in [0.3, 0.4) is 0 Å². The SMILES string of the molecule is CNC(=O)c1ccccc1Sc1ccc2c(/C=C/c3ccccn3)nn(C(=O)N(C)CC3(SSCC(=O)N[C@@H](CCN)C(=O)NC[C@H](C(=O)N[C@@H](CCN)C(=O)N[C@H]4CCNC(=O)[C@H]([C@@H](C)O)NC(=O)[C@H](CCN)NC(=O)[C@H](CCN)NC(=O)[C@H](CC(C)C)NC(=O)[C@@H](Cc5ccccc5)NC(=O)[C@H](CCN)NC4=O)[C@@H](C)O)CCC3)c2c1. The van der Waals surface area contributed by atoms with E-state index in [1.165, 1.54) is 51.9 Å². The van der Waals surface area contributed by atoms with Crippen LogP contribution in [0.5, 0.6) is 0 Å². The average molecular weight is 1690 g/mol. The average Bonchev–Trinajstić information content (AvgIpc) is 1.60. The van der Waals surface area contributed by atoms with E-state index >= 15 is 0 Å². The Morgan fingerprint density at radius 3 is 1.83 bits per heavy atom. The Hall–Kier alpha value is -10.1. The van der Waals surface area contributed by atoms with Crippen molar-refractivity contribution in [3.63, 3.8) is 0 Å². The predicted molar refractivity (Wildman–Crippen MR) is 450 cm³/mol. The zero-order valence-electron chi connectivity index (χ0n) is 67.1. The number of hydrogen-bond donors (Lipinski definition) is 19. The van der Waals surface area contributed by atoms with Crippen molar-refractivity contribution in [2.45, 2.75) is 179 Å². The number of carbonyl (C=O) groups excluding carboxylic acids is 13. The third-order valence-electron chi connectivity index (χ3n) is 19.7. The Morgan fingerprint density at radius 1 is 0.661 bits per heavy atom. The van der Waals surface area contributed by atoms with Gasteiger partial charge in [-0.3, -0.25) is 62.5 Å². The first-order valence-electron chi connectivity index (χ1n) is 39.3. The van der Waals surface area contributed by atoms with Gasteiger partial charge >= 0.3 is 6.03 Å². The predicted octanol–water partition coefficient (Wildman–Crippen LogP) is -1.27. The van der Waals surface area contributed by atoms with Gasteiger partial charge in [0.15, 0.2) is 0 Å². The van der Waals surface area contributed by atoms with E-state index in [2.05, 4.69) is 68.8 Å². The molecule has 7 rings (SSSR count). The fraction of sp³-hybridized carbons (Fsp3) is 0.506. The molecular weight excluding hydrogens is 1580 g/mol. The van der Waals surface area contributed by atoms with Crippen molar-refractivity contribution in [3.8, 4) is 0 Å². The van der Waals surface area contributed by atoms with E-state index in [1.54, 1.807) is 93.7 Å². The summed E-state index contributed by atoms with van der Waals surface area (Å²) in [5.74, 6) is -11.8. The van der Waals surface area contributed by atoms with Gasteiger partial charge in [-0.2, -0.15) is 9.78 Å². The zero-order valence-corrected chi connectivity index (χ0v) is 69.6. The van der Waals surface area contributed by atoms with E-state index < -0.39 is 168 Å². The van der Waals surface area contributed by atoms with Crippen molar-refractivity contribution in [1.82, 2.24) is 83.5 Å². The fourth-order valence-corrected chi connectivity index (χ4v) is 17.2. The number of fused-ring (bicyclic) bond motifs is 1. The van der Waals surface area contributed by atoms with Gasteiger partial charge in [0.1, 0.15) is 54.4 Å². The van der Waals surface area contributed by atoms with Crippen LogP contribution in [-0.4, -0.2) is 250 Å². The number of nitrogens with two attached hydrogens (primary N) is 5. The van der Waals surface area contributed by atoms with Gasteiger partial charge in [0.05, 0.1) is 46.3 Å². The van der Waals surface area contributed by atoms with Gasteiger partial charge in [0.2, 0.25) is 65.0 Å². The molecule has 1 saturated heterocycles. The summed E-state index contributed by atoms with van der Waals surface area (Å²) in [6.45, 7) is 4.47. The monoisotopic (exact) mass is 1690 g/mol. The molecule has 0 bridgehead atoms. The largest absolute Gasteiger partial charge is 0.393 e. The van der Waals surface area contributed by atoms with Gasteiger partial charge in [0, 0.05) is 66.3 Å². The first-order valence-corrected chi connectivity index (χ1v) is 42.4. The molecule has 13 amide bonds. The summed E-state index contributed by atoms with van der Waals surface area (Å²) in [6, 6.07) is 13.2. The number of rotatable bonds is 35. The van der Waals surface area contributed by atoms with Gasteiger partial charge < -0.3 is 108 Å². The molecule has 39 heteroatoms. The van der Waals surface area contributed by atoms with Crippen LogP contribution in [-0.2, 0) is 59.2 Å². The van der Waals surface area contributed by atoms with Crippen molar-refractivity contribution in [2.75, 3.05) is 72.2 Å². The highest BCUT2D eigenvalue weighted by Crippen LogP contribution is 2.50. The van der Waals surface area contributed by atoms with Gasteiger partial charge in [-0.25, -0.2) is 4.79 Å². The fourth-order valence-electron chi connectivity index (χ4n) is 13.1. The normalized spacial score (nSPS) is 20.5. The zero-order chi connectivity index (χ0) is 86.2. The topological polar surface area (TPSA) is 571 Å². The highest BCUT2D eigenvalue weighted by atomic mass is 33.1. The quantitative estimate of drug-likeness (QED) is 0.0210. The van der Waals surface area contributed by atoms with Gasteiger partial charge in [-0.1, -0.05) is 102 Å². The maximum Gasteiger partial charge on any atom is 0.345 e. The lowest BCUT2D eigenvalue weighted by atomic mass is 9.84. The third kappa shape index (κ3) is 28.3. The molecule has 2 fully saturated rings. The first kappa shape index (κ1) is 95.0. The van der Waals surface area contributed by atoms with E-state index in [0.717, 1.165) is 24.2 Å². The first-order chi connectivity index (χ1) is 56.4. The molecule has 1 aliphatic carbocycles. The highest BCUT2D eigenvalue weighted by molar-refractivity contribution is 8.77. The van der Waals surface area contributed by atoms with Crippen molar-refractivity contribution in [3.05, 3.63) is 120 Å². The summed E-state index contributed by atoms with van der Waals surface area (Å²) >= 11 is 1.37. The second-order valence-electron chi connectivity index (χ2n) is 29.4. The van der Waals surface area contributed by atoms with Crippen LogP contribution in [0.1, 0.15) is 119 Å². The minimum Gasteiger partial charge on any atom is -0.393 e. The minimum atomic E-state index is -1.72. The number of aliphatic hydroxyl groups is 2. The van der Waals surface area contributed by atoms with E-state index in [1.807, 2.05) is 48.5 Å². The van der Waals surface area contributed by atoms with Crippen LogP contribution in [0.25, 0.3) is 23.1 Å². The molecule has 3 aromatic carbocycles. The second-order valence-corrected chi connectivity index (χ2v) is 33.3. The Bertz CT molecular complexity index is 4290. The lowest BCUT2D eigenvalue weighted by molar-refractivity contribution is -0.136. The number of hydrogen-bond acceptors (Lipinski definition) is 25. The standard InChI is InChI=1S/C79H113N21O15S3/c1-45(2)39-61-75(112)93-57(26-34-82)71(108)92-59(28-36-84)74(111)97-66(47(4)102)77(114)87-38-29-60(73(110)91-58(27-35-83)72(109)96-62(76(113)95-61)40-48-15-8-7-9-16-48)94-70(107)56(25-33-81)90-68(105)53(46(3)101)42-88-69(106)55(24-32-80)89-65(103)43-116-118-79(30-14-31-79)44-99(6)78(115)100-63-41-50(117-64-19-11-10-18-52(64)67(104)85-5)21-22-51(63)54(98-100)23-20-49-17-12-13-37-86-49/h7-13,15-23,37,41,45-47,53,55-62,66,101-102H,14,24-36,38-40,42-44,80-84H2,1-6H3,(H,85,104)(H,87,114)(H,88,106)(H,89,103)(H,90,105)(H,91,110)(H,92,108)(H,93,112)(H,94,107)(H,95,113)(H,96,109)(H,97,111)/b23-20+/t46-,47-,53+,55+,56+,57+,58+,59+,60+,61+,62-,66+/m1/s1. The van der Waals surface area contributed by atoms with Gasteiger partial charge in [-0.05, 0) is 170 Å². The number of pyridine rings is 1. The lowest BCUT2D eigenvalue weighted by Gasteiger charge is -2.43. The summed E-state index contributed by atoms with van der Waals surface area (Å²) in [4.78, 5) is 192. The van der Waals surface area contributed by atoms with Crippen LogP contribution in [0.4, 0.5) is 4.79 Å². The van der Waals surface area contributed by atoms with Crippen LogP contribution >= 0.6 is 33.3 Å². The van der Waals surface area contributed by atoms with Crippen LogP contribution < -0.4 is 92.5 Å². The molecule has 36 nitrogen and oxygen atoms in total. The molecule has 3 heterocycles. The van der Waals surface area contributed by atoms with Crippen molar-refractivity contribution in [1.29, 1.82) is 0 Å². The number of aliphatic hydroxyl groups excluding tert-OH is 2. The lowest BCUT2D eigenvalue weighted by Crippen LogP contribution is -2.61. The molecule has 5 aromatic rings. The molecular formula is C79H113N21O15S3. The van der Waals surface area contributed by atoms with Gasteiger partial charge in [-0.15, -0.1) is 0 Å². The molecule has 642 valence electrons. The maximum atomic E-state index is 14.8. The molecule has 24 N–H and O–H groups in total. The summed E-state index contributed by atoms with van der Waals surface area (Å²) in [5.41, 5.74) is 32.6. The molecule has 1 aliphatic heterocycles. The van der Waals surface area contributed by atoms with E-state index in [4.69, 9.17) is 33.8 Å². The molecule has 2 aliphatic rings. The highest BCUT2D eigenvalue weighted by Gasteiger charge is 2.42. The minimum absolute atomic E-state index is 0.0276. The van der Waals surface area contributed by atoms with E-state index in [9.17, 15) is 72.5 Å². The van der Waals surface area contributed by atoms with E-state index in [0.29, 0.717) is 38.3 Å². The number of nitrogens with zero attached hydrogens (tertiary/aromatic N) is 4. The van der Waals surface area contributed by atoms with Crippen LogP contribution in [0.15, 0.2) is 107 Å². The Kier molecular flexibility index (Phi) is 38.2. The van der Waals surface area contributed by atoms with Crippen LogP contribution in [0.2, 0.25) is 0 Å². The van der Waals surface area contributed by atoms with E-state index in [-0.39, 0.29) is 102 Å². The summed E-state index contributed by atoms with van der Waals surface area (Å²) in [7, 11) is 5.94. The number of nitrogens with one attached hydrogen (secondary N) is 12. The molecule has 2 aromatic heterocycles. The third-order valence-corrected chi connectivity index (χ3v) is 23.9. The maximum absolute atomic E-state index is 14.8. The summed E-state index contributed by atoms with van der Waals surface area (Å²) in [5, 5.41) is 58.8. The summed E-state index contributed by atoms with van der Waals surface area (Å²) in [6.07, 6.45) is 2.98. The molecule has 1 saturated carbocycles. The Labute approximate surface area is 697 Å². The smallest absolute Gasteiger partial charge is 0.345 e. The Morgan fingerprint density at radius 2 is 1.25 bits per heavy atom. The molecule has 0 spiro atoms. The van der Waals surface area contributed by atoms with Crippen LogP contribution in [0, 0.1) is 11.8 Å².